The second kappa shape index (κ2) is 5.02. The molecule has 0 aromatic carbocycles. The topological polar surface area (TPSA) is 127 Å². The molecule has 3 aliphatic heterocycles. The summed E-state index contributed by atoms with van der Waals surface area (Å²) in [6, 6.07) is 9.69. The first-order valence-electron chi connectivity index (χ1n) is 8.20. The van der Waals surface area contributed by atoms with Crippen LogP contribution in [0.15, 0.2) is 24.5 Å². The molecule has 3 saturated heterocycles. The fraction of sp³-hybridized carbons (Fsp3) is 0.500. The van der Waals surface area contributed by atoms with Crippen LogP contribution in [-0.2, 0) is 9.47 Å². The third-order valence-electron chi connectivity index (χ3n) is 5.83. The number of nitrogens with one attached hydrogen (secondary N) is 1. The number of rotatable bonds is 1. The van der Waals surface area contributed by atoms with Crippen LogP contribution >= 0.6 is 0 Å². The Morgan fingerprint density at radius 3 is 2.48 bits per heavy atom. The number of ether oxygens (including phenoxy) is 2. The summed E-state index contributed by atoms with van der Waals surface area (Å²) in [7, 11) is 0. The molecule has 7 nitrogen and oxygen atoms in total. The normalized spacial score (nSPS) is 37.7. The van der Waals surface area contributed by atoms with E-state index in [1.165, 1.54) is 0 Å². The van der Waals surface area contributed by atoms with Crippen LogP contribution in [0.1, 0.15) is 37.4 Å². The fourth-order valence-electron chi connectivity index (χ4n) is 4.68. The van der Waals surface area contributed by atoms with Gasteiger partial charge in [0.2, 0.25) is 11.7 Å². The predicted octanol–water partition coefficient (Wildman–Crippen LogP) is 2.59. The summed E-state index contributed by atoms with van der Waals surface area (Å²) in [5.41, 5.74) is -2.88. The van der Waals surface area contributed by atoms with E-state index >= 15 is 0 Å². The van der Waals surface area contributed by atoms with Gasteiger partial charge in [0, 0.05) is 18.8 Å². The lowest BCUT2D eigenvalue weighted by atomic mass is 9.48. The molecular formula is C18H15N5O2. The van der Waals surface area contributed by atoms with Crippen LogP contribution in [0.5, 0.6) is 0 Å². The molecule has 0 amide bonds. The molecule has 25 heavy (non-hydrogen) atoms. The minimum absolute atomic E-state index is 0.343. The van der Waals surface area contributed by atoms with Crippen molar-refractivity contribution in [1.29, 1.82) is 21.2 Å². The molecule has 1 aromatic rings. The molecule has 4 heterocycles. The van der Waals surface area contributed by atoms with E-state index in [0.717, 1.165) is 12.8 Å². The molecule has 2 bridgehead atoms. The summed E-state index contributed by atoms with van der Waals surface area (Å²) in [6.07, 6.45) is 4.91. The Balaban J connectivity index is 2.02. The van der Waals surface area contributed by atoms with Gasteiger partial charge in [-0.05, 0) is 30.5 Å². The summed E-state index contributed by atoms with van der Waals surface area (Å²) in [5, 5.41) is 38.6. The SMILES string of the molecule is N#CC1(C#N)[C@H]2CCCC[C@]23OC(=N)[C@@]1(C#N)[C@@H](c1ccncc1)O3. The maximum Gasteiger partial charge on any atom is 0.218 e. The van der Waals surface area contributed by atoms with Crippen molar-refractivity contribution in [3.63, 3.8) is 0 Å². The lowest BCUT2D eigenvalue weighted by Crippen LogP contribution is -2.73. The van der Waals surface area contributed by atoms with E-state index in [1.807, 2.05) is 0 Å². The van der Waals surface area contributed by atoms with E-state index < -0.39 is 28.6 Å². The van der Waals surface area contributed by atoms with Crippen LogP contribution in [0.2, 0.25) is 0 Å². The highest BCUT2D eigenvalue weighted by Crippen LogP contribution is 2.69. The zero-order chi connectivity index (χ0) is 17.7. The minimum atomic E-state index is -1.80. The number of pyridine rings is 1. The van der Waals surface area contributed by atoms with E-state index in [1.54, 1.807) is 24.5 Å². The van der Waals surface area contributed by atoms with Gasteiger partial charge in [0.25, 0.3) is 0 Å². The van der Waals surface area contributed by atoms with Crippen LogP contribution in [0, 0.1) is 56.2 Å². The predicted molar refractivity (Wildman–Crippen MR) is 83.3 cm³/mol. The zero-order valence-electron chi connectivity index (χ0n) is 13.4. The average molecular weight is 333 g/mol. The average Bonchev–Trinajstić information content (AvgIpc) is 2.66. The number of hydrogen-bond donors (Lipinski definition) is 1. The third kappa shape index (κ3) is 1.60. The molecular weight excluding hydrogens is 318 g/mol. The van der Waals surface area contributed by atoms with Gasteiger partial charge >= 0.3 is 0 Å². The molecule has 1 spiro atoms. The van der Waals surface area contributed by atoms with Crippen LogP contribution in [0.3, 0.4) is 0 Å². The number of nitrogens with zero attached hydrogens (tertiary/aromatic N) is 4. The van der Waals surface area contributed by atoms with Crippen molar-refractivity contribution in [3.05, 3.63) is 30.1 Å². The van der Waals surface area contributed by atoms with Crippen molar-refractivity contribution < 1.29 is 9.47 Å². The molecule has 1 N–H and O–H groups in total. The Morgan fingerprint density at radius 1 is 1.12 bits per heavy atom. The third-order valence-corrected chi connectivity index (χ3v) is 5.83. The van der Waals surface area contributed by atoms with Gasteiger partial charge in [0.15, 0.2) is 10.8 Å². The Bertz CT molecular complexity index is 850. The molecule has 124 valence electrons. The van der Waals surface area contributed by atoms with Gasteiger partial charge in [0.05, 0.1) is 24.1 Å². The van der Waals surface area contributed by atoms with Crippen molar-refractivity contribution in [3.8, 4) is 18.2 Å². The first-order chi connectivity index (χ1) is 12.1. The number of aromatic nitrogens is 1. The number of nitriles is 3. The molecule has 4 atom stereocenters. The standard InChI is InChI=1S/C18H15N5O2/c19-9-16(10-20)13-3-1-2-6-18(13)24-14(12-4-7-23-8-5-12)17(16,11-21)15(22)25-18/h4-5,7-8,13-14,22H,1-3,6H2/t13-,14-,17-,18+/m1/s1. The highest BCUT2D eigenvalue weighted by molar-refractivity contribution is 5.89. The highest BCUT2D eigenvalue weighted by atomic mass is 16.7. The summed E-state index contributed by atoms with van der Waals surface area (Å²) >= 11 is 0. The van der Waals surface area contributed by atoms with Gasteiger partial charge in [0.1, 0.15) is 6.10 Å². The second-order valence-corrected chi connectivity index (χ2v) is 6.77. The Kier molecular flexibility index (Phi) is 3.13. The maximum atomic E-state index is 10.1. The van der Waals surface area contributed by atoms with Crippen molar-refractivity contribution in [1.82, 2.24) is 4.98 Å². The Hall–Kier alpha value is -2.95. The summed E-state index contributed by atoms with van der Waals surface area (Å²) in [6.45, 7) is 0. The zero-order valence-corrected chi connectivity index (χ0v) is 13.4. The monoisotopic (exact) mass is 333 g/mol. The van der Waals surface area contributed by atoms with Gasteiger partial charge in [-0.15, -0.1) is 0 Å². The largest absolute Gasteiger partial charge is 0.447 e. The first kappa shape index (κ1) is 15.6. The van der Waals surface area contributed by atoms with Gasteiger partial charge in [-0.1, -0.05) is 6.42 Å². The van der Waals surface area contributed by atoms with E-state index in [0.29, 0.717) is 18.4 Å². The quantitative estimate of drug-likeness (QED) is 0.841. The van der Waals surface area contributed by atoms with Crippen molar-refractivity contribution in [2.45, 2.75) is 37.6 Å². The molecule has 1 aromatic heterocycles. The van der Waals surface area contributed by atoms with E-state index in [9.17, 15) is 15.8 Å². The lowest BCUT2D eigenvalue weighted by molar-refractivity contribution is -0.360. The van der Waals surface area contributed by atoms with E-state index in [-0.39, 0.29) is 5.90 Å². The summed E-state index contributed by atoms with van der Waals surface area (Å²) < 4.78 is 12.1. The van der Waals surface area contributed by atoms with Crippen molar-refractivity contribution in [2.75, 3.05) is 0 Å². The minimum Gasteiger partial charge on any atom is -0.447 e. The van der Waals surface area contributed by atoms with Crippen molar-refractivity contribution in [2.24, 2.45) is 16.7 Å². The first-order valence-corrected chi connectivity index (χ1v) is 8.20. The van der Waals surface area contributed by atoms with Crippen molar-refractivity contribution >= 4 is 5.90 Å². The molecule has 0 unspecified atom stereocenters. The van der Waals surface area contributed by atoms with Crippen LogP contribution in [-0.4, -0.2) is 16.7 Å². The molecule has 4 aliphatic rings. The Labute approximate surface area is 144 Å². The Morgan fingerprint density at radius 2 is 1.84 bits per heavy atom. The summed E-state index contributed by atoms with van der Waals surface area (Å²) in [4.78, 5) is 3.97. The smallest absolute Gasteiger partial charge is 0.218 e. The molecule has 4 fully saturated rings. The lowest BCUT2D eigenvalue weighted by Gasteiger charge is -2.63. The summed E-state index contributed by atoms with van der Waals surface area (Å²) in [5.74, 6) is -2.10. The van der Waals surface area contributed by atoms with Crippen LogP contribution < -0.4 is 0 Å². The van der Waals surface area contributed by atoms with E-state index in [2.05, 4.69) is 23.2 Å². The maximum absolute atomic E-state index is 10.1. The number of hydrogen-bond acceptors (Lipinski definition) is 7. The molecule has 5 rings (SSSR count). The van der Waals surface area contributed by atoms with Crippen LogP contribution in [0.4, 0.5) is 0 Å². The van der Waals surface area contributed by atoms with Gasteiger partial charge < -0.3 is 9.47 Å². The van der Waals surface area contributed by atoms with Crippen LogP contribution in [0.25, 0.3) is 0 Å². The highest BCUT2D eigenvalue weighted by Gasteiger charge is 2.80. The molecule has 1 aliphatic carbocycles. The van der Waals surface area contributed by atoms with Gasteiger partial charge in [-0.2, -0.15) is 15.8 Å². The number of fused-ring (bicyclic) bond motifs is 2. The second-order valence-electron chi connectivity index (χ2n) is 6.77. The molecule has 7 heteroatoms. The molecule has 0 radical (unpaired) electrons. The molecule has 1 saturated carbocycles. The van der Waals surface area contributed by atoms with E-state index in [4.69, 9.17) is 14.9 Å². The fourth-order valence-corrected chi connectivity index (χ4v) is 4.68. The van der Waals surface area contributed by atoms with Gasteiger partial charge in [-0.3, -0.25) is 10.4 Å². The van der Waals surface area contributed by atoms with Gasteiger partial charge in [-0.25, -0.2) is 0 Å².